The van der Waals surface area contributed by atoms with Gasteiger partial charge in [-0.25, -0.2) is 22.0 Å². The van der Waals surface area contributed by atoms with Crippen LogP contribution in [-0.4, -0.2) is 16.8 Å². The van der Waals surface area contributed by atoms with Crippen LogP contribution in [0.15, 0.2) is 58.5 Å². The standard InChI is InChI=1S/C14H11BrN3O4S2/c15-12-8-17-14-11(12)2-1-3-13(14)18-24(21,22)10-6-4-9(5-7-10)23(16,19)20/h1-8,18H,(H2,16,19,20). The Morgan fingerprint density at radius 3 is 2.21 bits per heavy atom. The highest BCUT2D eigenvalue weighted by atomic mass is 79.9. The first kappa shape index (κ1) is 17.0. The average Bonchev–Trinajstić information content (AvgIpc) is 2.89. The highest BCUT2D eigenvalue weighted by Gasteiger charge is 2.21. The number of rotatable bonds is 4. The third kappa shape index (κ3) is 3.18. The van der Waals surface area contributed by atoms with E-state index in [4.69, 9.17) is 5.14 Å². The van der Waals surface area contributed by atoms with Crippen LogP contribution < -0.4 is 15.2 Å². The summed E-state index contributed by atoms with van der Waals surface area (Å²) in [6.45, 7) is 0. The van der Waals surface area contributed by atoms with Gasteiger partial charge in [0.1, 0.15) is 0 Å². The predicted molar refractivity (Wildman–Crippen MR) is 93.8 cm³/mol. The molecule has 0 saturated heterocycles. The van der Waals surface area contributed by atoms with Crippen LogP contribution in [0.2, 0.25) is 0 Å². The van der Waals surface area contributed by atoms with Crippen molar-refractivity contribution in [2.45, 2.75) is 9.79 Å². The molecule has 1 radical (unpaired) electrons. The fourth-order valence-corrected chi connectivity index (χ4v) is 4.16. The Labute approximate surface area is 147 Å². The Morgan fingerprint density at radius 1 is 0.958 bits per heavy atom. The molecule has 2 aromatic rings. The number of halogens is 1. The van der Waals surface area contributed by atoms with Gasteiger partial charge in [0.15, 0.2) is 0 Å². The van der Waals surface area contributed by atoms with Gasteiger partial charge in [0.05, 0.1) is 21.2 Å². The van der Waals surface area contributed by atoms with Gasteiger partial charge in [0, 0.05) is 16.2 Å². The maximum atomic E-state index is 12.5. The highest BCUT2D eigenvalue weighted by Crippen LogP contribution is 2.39. The van der Waals surface area contributed by atoms with Gasteiger partial charge in [-0.2, -0.15) is 0 Å². The summed E-state index contributed by atoms with van der Waals surface area (Å²) in [6.07, 6.45) is 1.59. The molecule has 3 N–H and O–H groups in total. The van der Waals surface area contributed by atoms with Crippen LogP contribution >= 0.6 is 15.9 Å². The number of para-hydroxylation sites is 1. The normalized spacial score (nSPS) is 13.8. The molecule has 1 heterocycles. The molecule has 3 rings (SSSR count). The molecular formula is C14H11BrN3O4S2. The van der Waals surface area contributed by atoms with Gasteiger partial charge in [-0.05, 0) is 46.3 Å². The van der Waals surface area contributed by atoms with Crippen molar-refractivity contribution >= 4 is 51.8 Å². The van der Waals surface area contributed by atoms with E-state index in [1.165, 1.54) is 12.1 Å². The molecule has 1 aliphatic rings. The summed E-state index contributed by atoms with van der Waals surface area (Å²) in [5, 5.41) is 9.17. The molecule has 0 fully saturated rings. The van der Waals surface area contributed by atoms with E-state index in [-0.39, 0.29) is 9.79 Å². The molecule has 0 saturated carbocycles. The SMILES string of the molecule is NS(=O)(=O)c1ccc(S(=O)(=O)Nc2cccc3c2[N]C=C3Br)cc1. The van der Waals surface area contributed by atoms with Gasteiger partial charge in [0.2, 0.25) is 10.0 Å². The molecule has 0 amide bonds. The van der Waals surface area contributed by atoms with Crippen molar-refractivity contribution in [3.05, 3.63) is 54.2 Å². The van der Waals surface area contributed by atoms with Crippen molar-refractivity contribution in [2.75, 3.05) is 4.72 Å². The molecule has 24 heavy (non-hydrogen) atoms. The first-order valence-electron chi connectivity index (χ1n) is 6.54. The van der Waals surface area contributed by atoms with Crippen molar-refractivity contribution in [2.24, 2.45) is 5.14 Å². The molecule has 0 spiro atoms. The fourth-order valence-electron chi connectivity index (χ4n) is 2.16. The van der Waals surface area contributed by atoms with E-state index in [9.17, 15) is 16.8 Å². The highest BCUT2D eigenvalue weighted by molar-refractivity contribution is 9.15. The number of hydrogen-bond acceptors (Lipinski definition) is 4. The van der Waals surface area contributed by atoms with Gasteiger partial charge in [-0.15, -0.1) is 0 Å². The lowest BCUT2D eigenvalue weighted by Gasteiger charge is -2.12. The van der Waals surface area contributed by atoms with Crippen LogP contribution in [0.3, 0.4) is 0 Å². The maximum Gasteiger partial charge on any atom is 0.261 e. The number of fused-ring (bicyclic) bond motifs is 1. The lowest BCUT2D eigenvalue weighted by molar-refractivity contribution is 0.595. The number of anilines is 1. The maximum absolute atomic E-state index is 12.5. The van der Waals surface area contributed by atoms with Crippen LogP contribution in [0.25, 0.3) is 4.48 Å². The minimum absolute atomic E-state index is 0.0856. The first-order valence-corrected chi connectivity index (χ1v) is 10.4. The zero-order chi connectivity index (χ0) is 17.5. The molecule has 0 aromatic heterocycles. The van der Waals surface area contributed by atoms with Crippen molar-refractivity contribution in [1.82, 2.24) is 5.32 Å². The quantitative estimate of drug-likeness (QED) is 0.773. The van der Waals surface area contributed by atoms with E-state index in [1.807, 2.05) is 6.07 Å². The van der Waals surface area contributed by atoms with Gasteiger partial charge in [0.25, 0.3) is 10.0 Å². The van der Waals surface area contributed by atoms with E-state index in [2.05, 4.69) is 26.0 Å². The van der Waals surface area contributed by atoms with Gasteiger partial charge >= 0.3 is 0 Å². The number of hydrogen-bond donors (Lipinski definition) is 2. The van der Waals surface area contributed by atoms with E-state index in [0.717, 1.165) is 22.2 Å². The number of nitrogens with one attached hydrogen (secondary N) is 1. The Kier molecular flexibility index (Phi) is 4.16. The second-order valence-corrected chi connectivity index (χ2v) is 9.03. The third-order valence-corrected chi connectivity index (χ3v) is 6.25. The lowest BCUT2D eigenvalue weighted by Crippen LogP contribution is -2.15. The molecule has 0 bridgehead atoms. The number of nitrogens with zero attached hydrogens (tertiary/aromatic N) is 1. The van der Waals surface area contributed by atoms with E-state index in [0.29, 0.717) is 11.4 Å². The summed E-state index contributed by atoms with van der Waals surface area (Å²) in [7, 11) is -7.78. The number of sulfonamides is 2. The summed E-state index contributed by atoms with van der Waals surface area (Å²) < 4.78 is 50.6. The van der Waals surface area contributed by atoms with Gasteiger partial charge in [-0.3, -0.25) is 10.0 Å². The zero-order valence-corrected chi connectivity index (χ0v) is 15.2. The van der Waals surface area contributed by atoms with Crippen LogP contribution in [0.1, 0.15) is 5.56 Å². The number of primary sulfonamides is 1. The molecule has 125 valence electrons. The van der Waals surface area contributed by atoms with Crippen molar-refractivity contribution in [3.63, 3.8) is 0 Å². The van der Waals surface area contributed by atoms with Crippen LogP contribution in [-0.2, 0) is 20.0 Å². The first-order chi connectivity index (χ1) is 11.2. The molecule has 2 aromatic carbocycles. The molecule has 1 aliphatic heterocycles. The van der Waals surface area contributed by atoms with Crippen molar-refractivity contribution < 1.29 is 16.8 Å². The molecule has 0 atom stereocenters. The third-order valence-electron chi connectivity index (χ3n) is 3.31. The summed E-state index contributed by atoms with van der Waals surface area (Å²) in [5.41, 5.74) is 1.61. The van der Waals surface area contributed by atoms with Crippen LogP contribution in [0.5, 0.6) is 0 Å². The Hall–Kier alpha value is -1.88. The summed E-state index contributed by atoms with van der Waals surface area (Å²) in [4.78, 5) is -0.247. The summed E-state index contributed by atoms with van der Waals surface area (Å²) in [5.74, 6) is 0. The zero-order valence-electron chi connectivity index (χ0n) is 12.0. The van der Waals surface area contributed by atoms with Crippen molar-refractivity contribution in [1.29, 1.82) is 0 Å². The number of benzene rings is 2. The molecular weight excluding hydrogens is 418 g/mol. The monoisotopic (exact) mass is 428 g/mol. The largest absolute Gasteiger partial charge is 0.277 e. The number of nitrogens with two attached hydrogens (primary N) is 1. The molecule has 7 nitrogen and oxygen atoms in total. The molecule has 10 heteroatoms. The van der Waals surface area contributed by atoms with E-state index < -0.39 is 20.0 Å². The Balaban J connectivity index is 1.93. The van der Waals surface area contributed by atoms with Crippen LogP contribution in [0.4, 0.5) is 11.4 Å². The predicted octanol–water partition coefficient (Wildman–Crippen LogP) is 2.08. The lowest BCUT2D eigenvalue weighted by atomic mass is 10.2. The van der Waals surface area contributed by atoms with Crippen molar-refractivity contribution in [3.8, 4) is 0 Å². The average molecular weight is 429 g/mol. The van der Waals surface area contributed by atoms with E-state index in [1.54, 1.807) is 18.3 Å². The minimum atomic E-state index is -3.90. The summed E-state index contributed by atoms with van der Waals surface area (Å²) >= 11 is 3.34. The molecule has 0 unspecified atom stereocenters. The smallest absolute Gasteiger partial charge is 0.261 e. The topological polar surface area (TPSA) is 120 Å². The Morgan fingerprint density at radius 2 is 1.58 bits per heavy atom. The summed E-state index contributed by atoms with van der Waals surface area (Å²) in [6, 6.07) is 9.75. The van der Waals surface area contributed by atoms with Crippen LogP contribution in [0, 0.1) is 0 Å². The fraction of sp³-hybridized carbons (Fsp3) is 0. The second kappa shape index (κ2) is 5.88. The van der Waals surface area contributed by atoms with Gasteiger partial charge < -0.3 is 0 Å². The molecule has 0 aliphatic carbocycles. The second-order valence-electron chi connectivity index (χ2n) is 4.93. The minimum Gasteiger partial charge on any atom is -0.277 e. The Bertz CT molecular complexity index is 1050. The van der Waals surface area contributed by atoms with Gasteiger partial charge in [-0.1, -0.05) is 12.1 Å². The van der Waals surface area contributed by atoms with E-state index >= 15 is 0 Å².